The average molecular weight is 324 g/mol. The number of hydrogen-bond acceptors (Lipinski definition) is 4. The molecule has 0 aromatic carbocycles. The van der Waals surface area contributed by atoms with Crippen LogP contribution in [0.25, 0.3) is 0 Å². The van der Waals surface area contributed by atoms with Gasteiger partial charge in [-0.15, -0.1) is 0 Å². The van der Waals surface area contributed by atoms with Crippen molar-refractivity contribution < 1.29 is 28.5 Å². The molecule has 0 atom stereocenters. The van der Waals surface area contributed by atoms with Crippen LogP contribution in [-0.4, -0.2) is 63.4 Å². The van der Waals surface area contributed by atoms with E-state index in [0.717, 1.165) is 52.4 Å². The van der Waals surface area contributed by atoms with Crippen molar-refractivity contribution in [3.63, 3.8) is 0 Å². The minimum Gasteiger partial charge on any atom is -0.351 e. The van der Waals surface area contributed by atoms with Gasteiger partial charge in [0, 0.05) is 26.2 Å². The topological polar surface area (TPSA) is 103 Å². The molecule has 0 amide bonds. The predicted molar refractivity (Wildman–Crippen MR) is 74.1 cm³/mol. The van der Waals surface area contributed by atoms with Crippen LogP contribution in [0.2, 0.25) is 0 Å². The van der Waals surface area contributed by atoms with Crippen molar-refractivity contribution in [3.05, 3.63) is 0 Å². The molecule has 117 valence electrons. The summed E-state index contributed by atoms with van der Waals surface area (Å²) < 4.78 is 0. The van der Waals surface area contributed by atoms with Crippen molar-refractivity contribution in [2.45, 2.75) is 24.9 Å². The molecule has 1 heterocycles. The van der Waals surface area contributed by atoms with Crippen molar-refractivity contribution in [3.8, 4) is 0 Å². The van der Waals surface area contributed by atoms with Gasteiger partial charge in [0.2, 0.25) is 0 Å². The van der Waals surface area contributed by atoms with Crippen LogP contribution in [-0.2, 0) is 17.1 Å². The SMILES string of the molecule is CC1([NH3+])CNCCNCC(C)([NH3+])CNCCNC1.[Cu+2]. The monoisotopic (exact) mass is 323 g/mol. The summed E-state index contributed by atoms with van der Waals surface area (Å²) in [6, 6.07) is 0. The van der Waals surface area contributed by atoms with Gasteiger partial charge in [0.05, 0.1) is 26.2 Å². The van der Waals surface area contributed by atoms with Crippen LogP contribution in [0.15, 0.2) is 0 Å². The van der Waals surface area contributed by atoms with E-state index in [-0.39, 0.29) is 28.1 Å². The zero-order chi connectivity index (χ0) is 13.5. The van der Waals surface area contributed by atoms with E-state index in [9.17, 15) is 0 Å². The predicted octanol–water partition coefficient (Wildman–Crippen LogP) is -3.64. The molecule has 1 fully saturated rings. The second kappa shape index (κ2) is 9.26. The molecule has 10 N–H and O–H groups in total. The third-order valence-electron chi connectivity index (χ3n) is 3.16. The molecule has 19 heavy (non-hydrogen) atoms. The average Bonchev–Trinajstić information content (AvgIpc) is 2.27. The summed E-state index contributed by atoms with van der Waals surface area (Å²) in [7, 11) is 0. The molecule has 1 aliphatic heterocycles. The maximum atomic E-state index is 4.25. The van der Waals surface area contributed by atoms with Gasteiger partial charge in [-0.25, -0.2) is 0 Å². The summed E-state index contributed by atoms with van der Waals surface area (Å²) in [5, 5.41) is 13.8. The van der Waals surface area contributed by atoms with E-state index in [1.165, 1.54) is 0 Å². The van der Waals surface area contributed by atoms with Crippen LogP contribution in [0, 0.1) is 0 Å². The molecule has 0 unspecified atom stereocenters. The summed E-state index contributed by atoms with van der Waals surface area (Å²) in [5.74, 6) is 0. The van der Waals surface area contributed by atoms with Gasteiger partial charge in [-0.05, 0) is 13.8 Å². The number of rotatable bonds is 0. The zero-order valence-electron chi connectivity index (χ0n) is 12.4. The van der Waals surface area contributed by atoms with E-state index >= 15 is 0 Å². The molecule has 1 aliphatic rings. The van der Waals surface area contributed by atoms with Crippen LogP contribution in [0.4, 0.5) is 0 Å². The van der Waals surface area contributed by atoms with Crippen LogP contribution in [0.3, 0.4) is 0 Å². The fraction of sp³-hybridized carbons (Fsp3) is 1.00. The first kappa shape index (κ1) is 19.3. The molecule has 1 radical (unpaired) electrons. The fourth-order valence-electron chi connectivity index (χ4n) is 2.04. The Bertz CT molecular complexity index is 190. The second-order valence-electron chi connectivity index (χ2n) is 6.33. The van der Waals surface area contributed by atoms with Crippen LogP contribution in [0.1, 0.15) is 13.8 Å². The van der Waals surface area contributed by atoms with E-state index in [4.69, 9.17) is 0 Å². The normalized spacial score (nSPS) is 36.0. The maximum absolute atomic E-state index is 4.25. The van der Waals surface area contributed by atoms with E-state index in [1.807, 2.05) is 0 Å². The van der Waals surface area contributed by atoms with Gasteiger partial charge in [-0.3, -0.25) is 0 Å². The molecule has 0 aromatic rings. The summed E-state index contributed by atoms with van der Waals surface area (Å²) in [6.45, 7) is 12.1. The maximum Gasteiger partial charge on any atom is 2.00 e. The van der Waals surface area contributed by atoms with Gasteiger partial charge in [0.15, 0.2) is 0 Å². The van der Waals surface area contributed by atoms with Crippen LogP contribution >= 0.6 is 0 Å². The minimum atomic E-state index is 0. The Labute approximate surface area is 127 Å². The largest absolute Gasteiger partial charge is 2.00 e. The van der Waals surface area contributed by atoms with Crippen LogP contribution < -0.4 is 32.7 Å². The Hall–Kier alpha value is 0.279. The molecule has 0 spiro atoms. The first-order valence-corrected chi connectivity index (χ1v) is 6.95. The molecule has 1 rings (SSSR count). The Morgan fingerprint density at radius 3 is 1.05 bits per heavy atom. The Balaban J connectivity index is 0.00000324. The smallest absolute Gasteiger partial charge is 0.351 e. The van der Waals surface area contributed by atoms with E-state index < -0.39 is 0 Å². The molecule has 0 aliphatic carbocycles. The summed E-state index contributed by atoms with van der Waals surface area (Å²) in [4.78, 5) is 0. The van der Waals surface area contributed by atoms with E-state index in [2.05, 4.69) is 46.6 Å². The molecule has 6 nitrogen and oxygen atoms in total. The quantitative estimate of drug-likeness (QED) is 0.259. The Morgan fingerprint density at radius 1 is 0.632 bits per heavy atom. The van der Waals surface area contributed by atoms with Crippen molar-refractivity contribution in [2.24, 2.45) is 0 Å². The summed E-state index contributed by atoms with van der Waals surface area (Å²) >= 11 is 0. The first-order valence-electron chi connectivity index (χ1n) is 6.95. The summed E-state index contributed by atoms with van der Waals surface area (Å²) in [6.07, 6.45) is 0. The van der Waals surface area contributed by atoms with Gasteiger partial charge in [0.25, 0.3) is 0 Å². The van der Waals surface area contributed by atoms with Crippen molar-refractivity contribution in [1.82, 2.24) is 21.3 Å². The second-order valence-corrected chi connectivity index (χ2v) is 6.33. The van der Waals surface area contributed by atoms with Gasteiger partial charge in [0.1, 0.15) is 11.1 Å². The Morgan fingerprint density at radius 2 is 0.842 bits per heavy atom. The summed E-state index contributed by atoms with van der Waals surface area (Å²) in [5.41, 5.74) is 8.61. The zero-order valence-corrected chi connectivity index (χ0v) is 13.3. The number of hydrogen-bond donors (Lipinski definition) is 6. The van der Waals surface area contributed by atoms with Gasteiger partial charge >= 0.3 is 17.1 Å². The van der Waals surface area contributed by atoms with Gasteiger partial charge in [-0.2, -0.15) is 0 Å². The minimum absolute atomic E-state index is 0. The Kier molecular flexibility index (Phi) is 9.39. The fourth-order valence-corrected chi connectivity index (χ4v) is 2.04. The molecule has 7 heteroatoms. The van der Waals surface area contributed by atoms with Crippen molar-refractivity contribution >= 4 is 0 Å². The van der Waals surface area contributed by atoms with Crippen LogP contribution in [0.5, 0.6) is 0 Å². The number of quaternary nitrogens is 2. The molecular weight excluding hydrogens is 292 g/mol. The first-order chi connectivity index (χ1) is 8.41. The third-order valence-corrected chi connectivity index (χ3v) is 3.16. The standard InChI is InChI=1S/C12H30N6.Cu/c1-11(13)7-15-3-5-17-9-12(2,14)10-18-6-4-16-8-11;/h15-18H,3-10,13-14H2,1-2H3;/q;+2/p+2. The third kappa shape index (κ3) is 9.76. The molecule has 1 saturated heterocycles. The molecule has 0 bridgehead atoms. The molecular formula is C12H32CuN6+4. The van der Waals surface area contributed by atoms with Gasteiger partial charge < -0.3 is 32.7 Å². The molecule has 0 saturated carbocycles. The number of nitrogens with one attached hydrogen (secondary N) is 4. The van der Waals surface area contributed by atoms with Crippen molar-refractivity contribution in [2.75, 3.05) is 52.4 Å². The van der Waals surface area contributed by atoms with E-state index in [0.29, 0.717) is 0 Å². The van der Waals surface area contributed by atoms with Gasteiger partial charge in [-0.1, -0.05) is 0 Å². The van der Waals surface area contributed by atoms with Crippen molar-refractivity contribution in [1.29, 1.82) is 0 Å². The van der Waals surface area contributed by atoms with E-state index in [1.54, 1.807) is 0 Å². The molecule has 0 aromatic heterocycles.